The van der Waals surface area contributed by atoms with Crippen LogP contribution in [0.5, 0.6) is 0 Å². The van der Waals surface area contributed by atoms with Gasteiger partial charge in [-0.05, 0) is 24.1 Å². The summed E-state index contributed by atoms with van der Waals surface area (Å²) in [5.41, 5.74) is 0.449. The second-order valence-electron chi connectivity index (χ2n) is 5.42. The molecule has 1 fully saturated rings. The molecule has 1 heterocycles. The van der Waals surface area contributed by atoms with Crippen LogP contribution in [0.25, 0.3) is 0 Å². The van der Waals surface area contributed by atoms with Gasteiger partial charge in [0.15, 0.2) is 0 Å². The molecule has 0 bridgehead atoms. The number of hydrogen-bond donors (Lipinski definition) is 1. The average Bonchev–Trinajstić information content (AvgIpc) is 2.42. The summed E-state index contributed by atoms with van der Waals surface area (Å²) in [4.78, 5) is 2.20. The maximum Gasteiger partial charge on any atom is 0.127 e. The summed E-state index contributed by atoms with van der Waals surface area (Å²) in [5.74, 6) is -0.0924. The van der Waals surface area contributed by atoms with Gasteiger partial charge in [0, 0.05) is 37.8 Å². The summed E-state index contributed by atoms with van der Waals surface area (Å²) in [7, 11) is 0. The van der Waals surface area contributed by atoms with Gasteiger partial charge in [0.1, 0.15) is 11.6 Å². The van der Waals surface area contributed by atoms with Crippen LogP contribution in [-0.2, 0) is 6.54 Å². The highest BCUT2D eigenvalue weighted by atomic mass is 19.1. The van der Waals surface area contributed by atoms with Gasteiger partial charge in [0.05, 0.1) is 0 Å². The van der Waals surface area contributed by atoms with Crippen molar-refractivity contribution in [3.05, 3.63) is 35.4 Å². The van der Waals surface area contributed by atoms with Crippen molar-refractivity contribution in [2.45, 2.75) is 32.9 Å². The summed E-state index contributed by atoms with van der Waals surface area (Å²) < 4.78 is 26.8. The molecular weight excluding hydrogens is 246 g/mol. The predicted molar refractivity (Wildman–Crippen MR) is 72.9 cm³/mol. The molecule has 1 aliphatic heterocycles. The minimum Gasteiger partial charge on any atom is -0.311 e. The molecule has 1 aromatic rings. The maximum atomic E-state index is 13.6. The number of hydrogen-bond acceptors (Lipinski definition) is 2. The van der Waals surface area contributed by atoms with Crippen molar-refractivity contribution in [3.63, 3.8) is 0 Å². The lowest BCUT2D eigenvalue weighted by Gasteiger charge is -2.36. The smallest absolute Gasteiger partial charge is 0.127 e. The highest BCUT2D eigenvalue weighted by Crippen LogP contribution is 2.16. The van der Waals surface area contributed by atoms with Gasteiger partial charge in [-0.15, -0.1) is 0 Å². The van der Waals surface area contributed by atoms with Crippen molar-refractivity contribution in [2.75, 3.05) is 19.6 Å². The Morgan fingerprint density at radius 1 is 1.42 bits per heavy atom. The van der Waals surface area contributed by atoms with E-state index in [1.54, 1.807) is 0 Å². The Morgan fingerprint density at radius 3 is 2.95 bits per heavy atom. The van der Waals surface area contributed by atoms with Crippen molar-refractivity contribution in [3.8, 4) is 0 Å². The highest BCUT2D eigenvalue weighted by molar-refractivity contribution is 5.18. The largest absolute Gasteiger partial charge is 0.311 e. The number of benzene rings is 1. The third-order valence-electron chi connectivity index (χ3n) is 4.02. The Hall–Kier alpha value is -1.00. The normalized spacial score (nSPS) is 22.4. The first-order chi connectivity index (χ1) is 9.10. The highest BCUT2D eigenvalue weighted by Gasteiger charge is 2.23. The summed E-state index contributed by atoms with van der Waals surface area (Å²) in [6.07, 6.45) is 1.12. The van der Waals surface area contributed by atoms with E-state index in [4.69, 9.17) is 0 Å². The molecule has 2 nitrogen and oxygen atoms in total. The zero-order valence-electron chi connectivity index (χ0n) is 11.6. The molecule has 19 heavy (non-hydrogen) atoms. The molecule has 4 heteroatoms. The third kappa shape index (κ3) is 3.74. The third-order valence-corrected chi connectivity index (χ3v) is 4.02. The fraction of sp³-hybridized carbons (Fsp3) is 0.600. The van der Waals surface area contributed by atoms with Gasteiger partial charge in [-0.25, -0.2) is 8.78 Å². The summed E-state index contributed by atoms with van der Waals surface area (Å²) in [6, 6.07) is 4.11. The van der Waals surface area contributed by atoms with E-state index >= 15 is 0 Å². The Kier molecular flexibility index (Phi) is 4.88. The van der Waals surface area contributed by atoms with Crippen LogP contribution in [0.4, 0.5) is 8.78 Å². The van der Waals surface area contributed by atoms with E-state index < -0.39 is 0 Å². The quantitative estimate of drug-likeness (QED) is 0.903. The molecule has 2 atom stereocenters. The number of nitrogens with one attached hydrogen (secondary N) is 1. The van der Waals surface area contributed by atoms with Crippen LogP contribution in [-0.4, -0.2) is 30.6 Å². The van der Waals surface area contributed by atoms with E-state index in [2.05, 4.69) is 24.1 Å². The van der Waals surface area contributed by atoms with Crippen LogP contribution in [0.3, 0.4) is 0 Å². The van der Waals surface area contributed by atoms with E-state index in [1.807, 2.05) is 0 Å². The first-order valence-electron chi connectivity index (χ1n) is 6.99. The number of nitrogens with zero attached hydrogens (tertiary/aromatic N) is 1. The first kappa shape index (κ1) is 14.4. The number of rotatable bonds is 4. The molecule has 0 saturated carbocycles. The summed E-state index contributed by atoms with van der Waals surface area (Å²) in [5, 5.41) is 3.50. The predicted octanol–water partition coefficient (Wildman–Crippen LogP) is 2.78. The zero-order valence-corrected chi connectivity index (χ0v) is 11.6. The molecular formula is C15H22F2N2. The summed E-state index contributed by atoms with van der Waals surface area (Å²) >= 11 is 0. The molecule has 1 saturated heterocycles. The second kappa shape index (κ2) is 6.44. The van der Waals surface area contributed by atoms with E-state index in [9.17, 15) is 8.78 Å². The Morgan fingerprint density at radius 2 is 2.21 bits per heavy atom. The SMILES string of the molecule is CCC(C)C1CN(Cc2cc(F)ccc2F)CCN1. The fourth-order valence-electron chi connectivity index (χ4n) is 2.56. The Bertz CT molecular complexity index is 423. The van der Waals surface area contributed by atoms with Gasteiger partial charge in [-0.1, -0.05) is 20.3 Å². The fourth-order valence-corrected chi connectivity index (χ4v) is 2.56. The maximum absolute atomic E-state index is 13.6. The monoisotopic (exact) mass is 268 g/mol. The molecule has 0 aromatic heterocycles. The van der Waals surface area contributed by atoms with Gasteiger partial charge in [0.2, 0.25) is 0 Å². The molecule has 1 aliphatic rings. The van der Waals surface area contributed by atoms with Gasteiger partial charge < -0.3 is 5.32 Å². The lowest BCUT2D eigenvalue weighted by molar-refractivity contribution is 0.160. The molecule has 0 spiro atoms. The van der Waals surface area contributed by atoms with Crippen molar-refractivity contribution in [1.29, 1.82) is 0 Å². The van der Waals surface area contributed by atoms with Crippen molar-refractivity contribution in [2.24, 2.45) is 5.92 Å². The molecule has 0 radical (unpaired) electrons. The molecule has 1 N–H and O–H groups in total. The molecule has 2 rings (SSSR count). The first-order valence-corrected chi connectivity index (χ1v) is 6.99. The molecule has 0 amide bonds. The van der Waals surface area contributed by atoms with E-state index in [0.717, 1.165) is 26.1 Å². The van der Waals surface area contributed by atoms with Gasteiger partial charge in [-0.2, -0.15) is 0 Å². The Balaban J connectivity index is 2.00. The van der Waals surface area contributed by atoms with Crippen LogP contribution in [0.15, 0.2) is 18.2 Å². The molecule has 106 valence electrons. The van der Waals surface area contributed by atoms with Gasteiger partial charge in [0.25, 0.3) is 0 Å². The summed E-state index contributed by atoms with van der Waals surface area (Å²) in [6.45, 7) is 7.57. The molecule has 0 aliphatic carbocycles. The van der Waals surface area contributed by atoms with Crippen molar-refractivity contribution >= 4 is 0 Å². The standard InChI is InChI=1S/C15H22F2N2/c1-3-11(2)15-10-19(7-6-18-15)9-12-8-13(16)4-5-14(12)17/h4-5,8,11,15,18H,3,6-7,9-10H2,1-2H3. The molecule has 2 unspecified atom stereocenters. The minimum absolute atomic E-state index is 0.319. The van der Waals surface area contributed by atoms with Crippen LogP contribution in [0.2, 0.25) is 0 Å². The van der Waals surface area contributed by atoms with Gasteiger partial charge >= 0.3 is 0 Å². The average molecular weight is 268 g/mol. The number of halogens is 2. The minimum atomic E-state index is -0.370. The zero-order chi connectivity index (χ0) is 13.8. The lowest BCUT2D eigenvalue weighted by atomic mass is 9.97. The van der Waals surface area contributed by atoms with Crippen LogP contribution < -0.4 is 5.32 Å². The van der Waals surface area contributed by atoms with E-state index in [-0.39, 0.29) is 11.6 Å². The van der Waals surface area contributed by atoms with Crippen molar-refractivity contribution in [1.82, 2.24) is 10.2 Å². The van der Waals surface area contributed by atoms with Crippen LogP contribution >= 0.6 is 0 Å². The lowest BCUT2D eigenvalue weighted by Crippen LogP contribution is -2.52. The Labute approximate surface area is 113 Å². The van der Waals surface area contributed by atoms with Crippen molar-refractivity contribution < 1.29 is 8.78 Å². The second-order valence-corrected chi connectivity index (χ2v) is 5.42. The van der Waals surface area contributed by atoms with E-state index in [0.29, 0.717) is 24.1 Å². The van der Waals surface area contributed by atoms with E-state index in [1.165, 1.54) is 18.2 Å². The van der Waals surface area contributed by atoms with Gasteiger partial charge in [-0.3, -0.25) is 4.90 Å². The number of piperazine rings is 1. The van der Waals surface area contributed by atoms with Crippen LogP contribution in [0, 0.1) is 17.6 Å². The topological polar surface area (TPSA) is 15.3 Å². The van der Waals surface area contributed by atoms with Crippen LogP contribution in [0.1, 0.15) is 25.8 Å². The molecule has 1 aromatic carbocycles.